The van der Waals surface area contributed by atoms with Crippen LogP contribution in [0.3, 0.4) is 0 Å². The number of rotatable bonds is 5. The number of likely N-dealkylation sites (tertiary alicyclic amines) is 1. The maximum Gasteiger partial charge on any atom is 0.410 e. The van der Waals surface area contributed by atoms with Crippen molar-refractivity contribution in [2.24, 2.45) is 28.9 Å². The summed E-state index contributed by atoms with van der Waals surface area (Å²) < 4.78 is 25.5. The van der Waals surface area contributed by atoms with Gasteiger partial charge in [0.2, 0.25) is 5.91 Å². The van der Waals surface area contributed by atoms with Crippen LogP contribution >= 0.6 is 0 Å². The van der Waals surface area contributed by atoms with Gasteiger partial charge in [0.1, 0.15) is 17.5 Å². The number of hydrogen-bond acceptors (Lipinski definition) is 6. The molecule has 5 fully saturated rings. The van der Waals surface area contributed by atoms with Gasteiger partial charge in [-0.15, -0.1) is 0 Å². The van der Waals surface area contributed by atoms with Crippen LogP contribution in [0.5, 0.6) is 0 Å². The van der Waals surface area contributed by atoms with Crippen LogP contribution in [0.1, 0.15) is 64.9 Å². The molecule has 2 unspecified atom stereocenters. The molecule has 3 atom stereocenters. The van der Waals surface area contributed by atoms with E-state index in [1.165, 1.54) is 12.3 Å². The summed E-state index contributed by atoms with van der Waals surface area (Å²) in [7, 11) is 0. The Morgan fingerprint density at radius 2 is 1.89 bits per heavy atom. The van der Waals surface area contributed by atoms with E-state index >= 15 is 0 Å². The summed E-state index contributed by atoms with van der Waals surface area (Å²) in [5.74, 6) is 0.123. The first-order valence-corrected chi connectivity index (χ1v) is 13.3. The summed E-state index contributed by atoms with van der Waals surface area (Å²) in [4.78, 5) is 45.6. The second-order valence-corrected chi connectivity index (χ2v) is 12.5. The number of halogens is 1. The first-order chi connectivity index (χ1) is 17.4. The van der Waals surface area contributed by atoms with Gasteiger partial charge < -0.3 is 20.1 Å². The third-order valence-corrected chi connectivity index (χ3v) is 8.55. The molecule has 10 heteroatoms. The number of pyridine rings is 1. The molecule has 0 radical (unpaired) electrons. The number of amides is 3. The van der Waals surface area contributed by atoms with E-state index in [4.69, 9.17) is 15.2 Å². The number of nitrogens with zero attached hydrogens (tertiary/aromatic N) is 3. The van der Waals surface area contributed by atoms with Gasteiger partial charge in [0.15, 0.2) is 0 Å². The van der Waals surface area contributed by atoms with E-state index in [2.05, 4.69) is 4.98 Å². The van der Waals surface area contributed by atoms with Crippen molar-refractivity contribution in [3.05, 3.63) is 29.8 Å². The van der Waals surface area contributed by atoms with Crippen molar-refractivity contribution in [1.82, 2.24) is 14.8 Å². The van der Waals surface area contributed by atoms with Gasteiger partial charge in [-0.05, 0) is 88.7 Å². The fourth-order valence-corrected chi connectivity index (χ4v) is 7.23. The van der Waals surface area contributed by atoms with Crippen LogP contribution in [0.15, 0.2) is 18.5 Å². The molecule has 0 aromatic carbocycles. The summed E-state index contributed by atoms with van der Waals surface area (Å²) in [5, 5.41) is 0. The Morgan fingerprint density at radius 3 is 2.51 bits per heavy atom. The van der Waals surface area contributed by atoms with Crippen LogP contribution < -0.4 is 5.73 Å². The van der Waals surface area contributed by atoms with E-state index in [-0.39, 0.29) is 42.5 Å². The van der Waals surface area contributed by atoms with Gasteiger partial charge in [0.25, 0.3) is 0 Å². The van der Waals surface area contributed by atoms with Crippen molar-refractivity contribution in [1.29, 1.82) is 0 Å². The van der Waals surface area contributed by atoms with E-state index in [1.54, 1.807) is 30.6 Å². The minimum atomic E-state index is -0.700. The maximum atomic E-state index is 13.8. The van der Waals surface area contributed by atoms with E-state index in [9.17, 15) is 18.8 Å². The minimum absolute atomic E-state index is 0.122. The van der Waals surface area contributed by atoms with E-state index in [0.29, 0.717) is 43.8 Å². The molecule has 3 amide bonds. The zero-order valence-corrected chi connectivity index (χ0v) is 21.8. The van der Waals surface area contributed by atoms with Gasteiger partial charge in [-0.1, -0.05) is 0 Å². The van der Waals surface area contributed by atoms with E-state index < -0.39 is 22.9 Å². The van der Waals surface area contributed by atoms with Gasteiger partial charge in [-0.25, -0.2) is 14.0 Å². The monoisotopic (exact) mass is 516 g/mol. The standard InChI is InChI=1S/C27H37FN4O5/c1-26(2,3)37-25(35)32(14-17-8-20(28)13-30-12-17)21-4-5-31(15-21)24(34)36-22-18-6-16-7-19(22)11-27(9-16,10-18)23(29)33/h8,12-13,16,18-19,21-22H,4-7,9-11,14-15H2,1-3H3,(H2,29,33)/t16?,18?,19?,21-,22?,27?/m1/s1. The average molecular weight is 517 g/mol. The normalized spacial score (nSPS) is 32.3. The van der Waals surface area contributed by atoms with Gasteiger partial charge in [0.05, 0.1) is 24.2 Å². The molecule has 4 saturated carbocycles. The Balaban J connectivity index is 1.25. The largest absolute Gasteiger partial charge is 0.446 e. The molecule has 1 aromatic rings. The minimum Gasteiger partial charge on any atom is -0.446 e. The van der Waals surface area contributed by atoms with Gasteiger partial charge in [-0.2, -0.15) is 0 Å². The number of carbonyl (C=O) groups is 3. The Kier molecular flexibility index (Phi) is 6.56. The van der Waals surface area contributed by atoms with E-state index in [0.717, 1.165) is 25.5 Å². The first kappa shape index (κ1) is 25.7. The smallest absolute Gasteiger partial charge is 0.410 e. The van der Waals surface area contributed by atoms with Crippen molar-refractivity contribution in [2.45, 2.75) is 83.6 Å². The number of nitrogens with two attached hydrogens (primary N) is 1. The second-order valence-electron chi connectivity index (χ2n) is 12.5. The molecule has 2 heterocycles. The molecule has 4 bridgehead atoms. The fraction of sp³-hybridized carbons (Fsp3) is 0.704. The highest BCUT2D eigenvalue weighted by Crippen LogP contribution is 2.60. The van der Waals surface area contributed by atoms with Crippen LogP contribution in [0.2, 0.25) is 0 Å². The molecule has 2 N–H and O–H groups in total. The van der Waals surface area contributed by atoms with Crippen molar-refractivity contribution < 1.29 is 28.2 Å². The highest BCUT2D eigenvalue weighted by Gasteiger charge is 2.59. The molecule has 202 valence electrons. The number of carbonyl (C=O) groups excluding carboxylic acids is 3. The molecule has 1 aliphatic heterocycles. The lowest BCUT2D eigenvalue weighted by Gasteiger charge is -2.58. The Labute approximate surface area is 216 Å². The molecule has 0 spiro atoms. The highest BCUT2D eigenvalue weighted by atomic mass is 19.1. The average Bonchev–Trinajstić information content (AvgIpc) is 3.28. The lowest BCUT2D eigenvalue weighted by atomic mass is 9.48. The Hall–Kier alpha value is -2.91. The number of hydrogen-bond donors (Lipinski definition) is 1. The molecular weight excluding hydrogens is 479 g/mol. The molecule has 1 aromatic heterocycles. The fourth-order valence-electron chi connectivity index (χ4n) is 7.23. The third-order valence-electron chi connectivity index (χ3n) is 8.55. The predicted octanol–water partition coefficient (Wildman–Crippen LogP) is 3.85. The summed E-state index contributed by atoms with van der Waals surface area (Å²) in [6.07, 6.45) is 6.30. The molecule has 6 rings (SSSR count). The van der Waals surface area contributed by atoms with Crippen molar-refractivity contribution in [3.63, 3.8) is 0 Å². The van der Waals surface area contributed by atoms with Crippen LogP contribution in [0.4, 0.5) is 14.0 Å². The number of ether oxygens (including phenoxy) is 2. The number of aromatic nitrogens is 1. The number of primary amides is 1. The lowest BCUT2D eigenvalue weighted by molar-refractivity contribution is -0.161. The molecule has 4 aliphatic carbocycles. The lowest BCUT2D eigenvalue weighted by Crippen LogP contribution is -2.59. The topological polar surface area (TPSA) is 115 Å². The Bertz CT molecular complexity index is 1060. The van der Waals surface area contributed by atoms with Crippen LogP contribution in [0, 0.1) is 29.0 Å². The quantitative estimate of drug-likeness (QED) is 0.636. The second kappa shape index (κ2) is 9.44. The highest BCUT2D eigenvalue weighted by molar-refractivity contribution is 5.81. The molecule has 1 saturated heterocycles. The third kappa shape index (κ3) is 5.25. The summed E-state index contributed by atoms with van der Waals surface area (Å²) >= 11 is 0. The van der Waals surface area contributed by atoms with Gasteiger partial charge >= 0.3 is 12.2 Å². The molecule has 9 nitrogen and oxygen atoms in total. The van der Waals surface area contributed by atoms with Crippen LogP contribution in [-0.2, 0) is 20.8 Å². The first-order valence-electron chi connectivity index (χ1n) is 13.3. The predicted molar refractivity (Wildman–Crippen MR) is 131 cm³/mol. The zero-order valence-electron chi connectivity index (χ0n) is 21.8. The summed E-state index contributed by atoms with van der Waals surface area (Å²) in [6.45, 7) is 6.24. The van der Waals surface area contributed by atoms with Crippen molar-refractivity contribution in [2.75, 3.05) is 13.1 Å². The van der Waals surface area contributed by atoms with Crippen LogP contribution in [-0.4, -0.2) is 63.7 Å². The van der Waals surface area contributed by atoms with Crippen molar-refractivity contribution in [3.8, 4) is 0 Å². The van der Waals surface area contributed by atoms with Gasteiger partial charge in [-0.3, -0.25) is 14.7 Å². The Morgan fingerprint density at radius 1 is 1.19 bits per heavy atom. The maximum absolute atomic E-state index is 13.8. The molecule has 37 heavy (non-hydrogen) atoms. The van der Waals surface area contributed by atoms with E-state index in [1.807, 2.05) is 0 Å². The molecular formula is C27H37FN4O5. The zero-order chi connectivity index (χ0) is 26.5. The summed E-state index contributed by atoms with van der Waals surface area (Å²) in [6, 6.07) is 1.04. The van der Waals surface area contributed by atoms with Crippen LogP contribution in [0.25, 0.3) is 0 Å². The SMILES string of the molecule is CC(C)(C)OC(=O)N(Cc1cncc(F)c1)[C@@H]1CCN(C(=O)OC2C3CC4CC2CC(C(N)=O)(C4)C3)C1. The molecule has 5 aliphatic rings. The van der Waals surface area contributed by atoms with Crippen molar-refractivity contribution >= 4 is 18.1 Å². The summed E-state index contributed by atoms with van der Waals surface area (Å²) in [5.41, 5.74) is 5.20. The van der Waals surface area contributed by atoms with Gasteiger partial charge in [0, 0.05) is 19.3 Å².